The van der Waals surface area contributed by atoms with E-state index in [-0.39, 0.29) is 0 Å². The molecule has 0 aliphatic rings. The van der Waals surface area contributed by atoms with Gasteiger partial charge in [-0.25, -0.2) is 0 Å². The number of benzene rings is 1. The maximum Gasteiger partial charge on any atom is 0.302 e. The molecule has 69 valence electrons. The van der Waals surface area contributed by atoms with Gasteiger partial charge in [0.15, 0.2) is 4.90 Å². The Morgan fingerprint density at radius 2 is 2.15 bits per heavy atom. The maximum atomic E-state index is 10.6. The van der Waals surface area contributed by atoms with Crippen LogP contribution in [0.1, 0.15) is 0 Å². The number of nitrogens with zero attached hydrogens (tertiary/aromatic N) is 1. The number of nitro benzene ring substituents is 1. The Labute approximate surface area is 73.7 Å². The molecule has 0 bridgehead atoms. The third-order valence-corrected chi connectivity index (χ3v) is 2.09. The second kappa shape index (κ2) is 3.11. The lowest BCUT2D eigenvalue weighted by atomic mass is 10.3. The van der Waals surface area contributed by atoms with Crippen LogP contribution in [0.5, 0.6) is 0 Å². The predicted octanol–water partition coefficient (Wildman–Crippen LogP) is 0.642. The molecule has 1 aromatic carbocycles. The summed E-state index contributed by atoms with van der Waals surface area (Å²) in [6.45, 7) is 0. The summed E-state index contributed by atoms with van der Waals surface area (Å²) >= 11 is 0. The Balaban J connectivity index is 3.46. The minimum Gasteiger partial charge on any atom is -0.282 e. The third kappa shape index (κ3) is 2.01. The van der Waals surface area contributed by atoms with E-state index in [1.165, 1.54) is 6.07 Å². The van der Waals surface area contributed by atoms with Gasteiger partial charge in [-0.15, -0.1) is 0 Å². The quantitative estimate of drug-likeness (QED) is 0.431. The van der Waals surface area contributed by atoms with Crippen LogP contribution < -0.4 is 0 Å². The molecule has 0 saturated carbocycles. The van der Waals surface area contributed by atoms with Crippen molar-refractivity contribution >= 4 is 15.8 Å². The molecule has 0 aliphatic heterocycles. The molecule has 13 heavy (non-hydrogen) atoms. The van der Waals surface area contributed by atoms with E-state index < -0.39 is 25.6 Å². The van der Waals surface area contributed by atoms with Gasteiger partial charge in [-0.1, -0.05) is 12.1 Å². The molecule has 0 atom stereocenters. The first-order chi connectivity index (χ1) is 5.93. The second-order valence-corrected chi connectivity index (χ2v) is 3.48. The highest BCUT2D eigenvalue weighted by atomic mass is 32.2. The third-order valence-electron chi connectivity index (χ3n) is 1.25. The Hall–Kier alpha value is -1.47. The zero-order valence-corrected chi connectivity index (χ0v) is 6.98. The van der Waals surface area contributed by atoms with E-state index in [9.17, 15) is 18.5 Å². The van der Waals surface area contributed by atoms with Crippen molar-refractivity contribution < 1.29 is 17.9 Å². The van der Waals surface area contributed by atoms with Crippen molar-refractivity contribution in [3.05, 3.63) is 34.4 Å². The predicted molar refractivity (Wildman–Crippen MR) is 41.7 cm³/mol. The van der Waals surface area contributed by atoms with Crippen LogP contribution in [0, 0.1) is 16.2 Å². The fraction of sp³-hybridized carbons (Fsp3) is 0. The van der Waals surface area contributed by atoms with E-state index in [2.05, 4.69) is 6.07 Å². The zero-order chi connectivity index (χ0) is 10.1. The Morgan fingerprint density at radius 3 is 2.54 bits per heavy atom. The van der Waals surface area contributed by atoms with Crippen LogP contribution in [0.15, 0.2) is 23.1 Å². The highest BCUT2D eigenvalue weighted by Gasteiger charge is 2.22. The maximum absolute atomic E-state index is 10.6. The molecular formula is C6H4NO5S. The van der Waals surface area contributed by atoms with Gasteiger partial charge >= 0.3 is 10.1 Å². The standard InChI is InChI=1S/C6H4NO5S/c8-7(9)5-3-1-2-4-6(5)13(10,11)12/h1-3H,(H,10,11,12). The summed E-state index contributed by atoms with van der Waals surface area (Å²) in [5.41, 5.74) is -0.690. The summed E-state index contributed by atoms with van der Waals surface area (Å²) in [6, 6.07) is 5.47. The highest BCUT2D eigenvalue weighted by molar-refractivity contribution is 7.86. The highest BCUT2D eigenvalue weighted by Crippen LogP contribution is 2.21. The van der Waals surface area contributed by atoms with E-state index in [1.54, 1.807) is 0 Å². The van der Waals surface area contributed by atoms with Gasteiger partial charge in [-0.2, -0.15) is 8.42 Å². The Kier molecular flexibility index (Phi) is 2.30. The van der Waals surface area contributed by atoms with Gasteiger partial charge in [0.1, 0.15) is 0 Å². The first kappa shape index (κ1) is 9.62. The van der Waals surface area contributed by atoms with Crippen molar-refractivity contribution in [1.82, 2.24) is 0 Å². The molecule has 0 amide bonds. The van der Waals surface area contributed by atoms with Crippen molar-refractivity contribution in [1.29, 1.82) is 0 Å². The topological polar surface area (TPSA) is 97.5 Å². The lowest BCUT2D eigenvalue weighted by Crippen LogP contribution is -2.02. The van der Waals surface area contributed by atoms with Crippen LogP contribution >= 0.6 is 0 Å². The molecule has 0 heterocycles. The van der Waals surface area contributed by atoms with Gasteiger partial charge in [0.2, 0.25) is 0 Å². The zero-order valence-electron chi connectivity index (χ0n) is 6.17. The monoisotopic (exact) mass is 202 g/mol. The number of hydrogen-bond donors (Lipinski definition) is 1. The average molecular weight is 202 g/mol. The second-order valence-electron chi connectivity index (χ2n) is 2.12. The molecule has 0 aromatic heterocycles. The average Bonchev–Trinajstić information content (AvgIpc) is 2.03. The molecule has 0 fully saturated rings. The van der Waals surface area contributed by atoms with Gasteiger partial charge < -0.3 is 0 Å². The molecular weight excluding hydrogens is 198 g/mol. The fourth-order valence-electron chi connectivity index (χ4n) is 0.763. The van der Waals surface area contributed by atoms with Crippen molar-refractivity contribution in [2.24, 2.45) is 0 Å². The fourth-order valence-corrected chi connectivity index (χ4v) is 1.39. The Bertz CT molecular complexity index is 438. The van der Waals surface area contributed by atoms with Gasteiger partial charge in [0.25, 0.3) is 5.69 Å². The summed E-state index contributed by atoms with van der Waals surface area (Å²) in [7, 11) is -4.58. The van der Waals surface area contributed by atoms with E-state index in [4.69, 9.17) is 4.55 Å². The van der Waals surface area contributed by atoms with E-state index in [0.29, 0.717) is 0 Å². The lowest BCUT2D eigenvalue weighted by Gasteiger charge is -1.96. The summed E-state index contributed by atoms with van der Waals surface area (Å²) in [5.74, 6) is 0. The van der Waals surface area contributed by atoms with E-state index >= 15 is 0 Å². The smallest absolute Gasteiger partial charge is 0.282 e. The van der Waals surface area contributed by atoms with Crippen molar-refractivity contribution in [2.75, 3.05) is 0 Å². The summed E-state index contributed by atoms with van der Waals surface area (Å²) < 4.78 is 29.7. The van der Waals surface area contributed by atoms with Gasteiger partial charge in [0, 0.05) is 12.1 Å². The molecule has 7 heteroatoms. The SMILES string of the molecule is O=[N+]([O-])c1ccc[c]c1S(=O)(=O)O. The first-order valence-electron chi connectivity index (χ1n) is 3.05. The van der Waals surface area contributed by atoms with Crippen LogP contribution in [-0.4, -0.2) is 17.9 Å². The minimum atomic E-state index is -4.58. The van der Waals surface area contributed by atoms with Gasteiger partial charge in [-0.3, -0.25) is 14.7 Å². The number of hydrogen-bond acceptors (Lipinski definition) is 4. The molecule has 0 spiro atoms. The van der Waals surface area contributed by atoms with E-state index in [1.807, 2.05) is 0 Å². The number of nitro groups is 1. The molecule has 6 nitrogen and oxygen atoms in total. The molecule has 0 saturated heterocycles. The van der Waals surface area contributed by atoms with Crippen LogP contribution in [0.25, 0.3) is 0 Å². The van der Waals surface area contributed by atoms with Crippen LogP contribution in [0.3, 0.4) is 0 Å². The van der Waals surface area contributed by atoms with Crippen LogP contribution in [-0.2, 0) is 10.1 Å². The number of rotatable bonds is 2. The molecule has 1 rings (SSSR count). The van der Waals surface area contributed by atoms with Crippen molar-refractivity contribution in [3.63, 3.8) is 0 Å². The van der Waals surface area contributed by atoms with Crippen molar-refractivity contribution in [3.8, 4) is 0 Å². The van der Waals surface area contributed by atoms with Crippen LogP contribution in [0.4, 0.5) is 5.69 Å². The normalized spacial score (nSPS) is 11.2. The largest absolute Gasteiger partial charge is 0.302 e. The van der Waals surface area contributed by atoms with E-state index in [0.717, 1.165) is 12.1 Å². The summed E-state index contributed by atoms with van der Waals surface area (Å²) in [4.78, 5) is 8.56. The molecule has 1 aromatic rings. The summed E-state index contributed by atoms with van der Waals surface area (Å²) in [5, 5.41) is 10.3. The minimum absolute atomic E-state index is 0.690. The lowest BCUT2D eigenvalue weighted by molar-refractivity contribution is -0.387. The van der Waals surface area contributed by atoms with Crippen LogP contribution in [0.2, 0.25) is 0 Å². The molecule has 0 aliphatic carbocycles. The first-order valence-corrected chi connectivity index (χ1v) is 4.49. The van der Waals surface area contributed by atoms with Gasteiger partial charge in [0.05, 0.1) is 4.92 Å². The Morgan fingerprint density at radius 1 is 1.54 bits per heavy atom. The molecule has 0 unspecified atom stereocenters. The molecule has 1 N–H and O–H groups in total. The molecule has 1 radical (unpaired) electrons. The van der Waals surface area contributed by atoms with Gasteiger partial charge in [-0.05, 0) is 0 Å². The summed E-state index contributed by atoms with van der Waals surface area (Å²) in [6.07, 6.45) is 0. The van der Waals surface area contributed by atoms with Crippen molar-refractivity contribution in [2.45, 2.75) is 4.90 Å².